The van der Waals surface area contributed by atoms with E-state index in [2.05, 4.69) is 5.92 Å². The zero-order valence-corrected chi connectivity index (χ0v) is 10.1. The van der Waals surface area contributed by atoms with Gasteiger partial charge in [0.2, 0.25) is 0 Å². The summed E-state index contributed by atoms with van der Waals surface area (Å²) in [6.07, 6.45) is 19.2. The highest BCUT2D eigenvalue weighted by Crippen LogP contribution is 2.10. The van der Waals surface area contributed by atoms with Crippen molar-refractivity contribution in [2.45, 2.75) is 70.6 Å². The van der Waals surface area contributed by atoms with E-state index in [9.17, 15) is 0 Å². The first kappa shape index (κ1) is 14.5. The van der Waals surface area contributed by atoms with E-state index in [0.717, 1.165) is 12.8 Å². The first-order valence-corrected chi connectivity index (χ1v) is 6.50. The highest BCUT2D eigenvalue weighted by molar-refractivity contribution is 4.82. The fourth-order valence-electron chi connectivity index (χ4n) is 1.77. The van der Waals surface area contributed by atoms with Gasteiger partial charge in [-0.05, 0) is 12.8 Å². The predicted octanol–water partition coefficient (Wildman–Crippen LogP) is 4.19. The third-order valence-electron chi connectivity index (χ3n) is 2.75. The lowest BCUT2D eigenvalue weighted by molar-refractivity contribution is 0.554. The lowest BCUT2D eigenvalue weighted by Gasteiger charge is -2.01. The van der Waals surface area contributed by atoms with Gasteiger partial charge in [0.1, 0.15) is 0 Å². The van der Waals surface area contributed by atoms with E-state index in [1.807, 2.05) is 0 Å². The van der Waals surface area contributed by atoms with Gasteiger partial charge in [-0.15, -0.1) is 12.3 Å². The van der Waals surface area contributed by atoms with Crippen LogP contribution in [-0.4, -0.2) is 6.54 Å². The Morgan fingerprint density at radius 1 is 0.667 bits per heavy atom. The van der Waals surface area contributed by atoms with Crippen molar-refractivity contribution in [3.63, 3.8) is 0 Å². The molecule has 0 aromatic carbocycles. The largest absolute Gasteiger partial charge is 0.258 e. The number of terminal acetylenes is 1. The van der Waals surface area contributed by atoms with Gasteiger partial charge >= 0.3 is 0 Å². The minimum absolute atomic E-state index is 0.606. The van der Waals surface area contributed by atoms with Crippen LogP contribution in [0.1, 0.15) is 70.6 Å². The molecule has 1 N–H and O–H groups in total. The van der Waals surface area contributed by atoms with Gasteiger partial charge in [-0.1, -0.05) is 51.4 Å². The molecule has 1 radical (unpaired) electrons. The van der Waals surface area contributed by atoms with Crippen molar-refractivity contribution in [2.75, 3.05) is 6.54 Å². The van der Waals surface area contributed by atoms with E-state index in [-0.39, 0.29) is 0 Å². The average Bonchev–Trinajstić information content (AvgIpc) is 2.26. The van der Waals surface area contributed by atoms with Gasteiger partial charge in [-0.25, -0.2) is 0 Å². The van der Waals surface area contributed by atoms with Crippen LogP contribution in [0.2, 0.25) is 0 Å². The van der Waals surface area contributed by atoms with Gasteiger partial charge in [0, 0.05) is 13.0 Å². The fourth-order valence-corrected chi connectivity index (χ4v) is 1.77. The maximum atomic E-state index is 7.02. The molecule has 0 fully saturated rings. The molecule has 0 spiro atoms. The fraction of sp³-hybridized carbons (Fsp3) is 0.857. The predicted molar refractivity (Wildman–Crippen MR) is 67.6 cm³/mol. The second-order valence-electron chi connectivity index (χ2n) is 4.24. The van der Waals surface area contributed by atoms with Gasteiger partial charge in [-0.3, -0.25) is 5.73 Å². The topological polar surface area (TPSA) is 23.8 Å². The Hall–Kier alpha value is -0.480. The summed E-state index contributed by atoms with van der Waals surface area (Å²) >= 11 is 0. The Labute approximate surface area is 95.8 Å². The van der Waals surface area contributed by atoms with Crippen molar-refractivity contribution in [2.24, 2.45) is 0 Å². The molecule has 15 heavy (non-hydrogen) atoms. The summed E-state index contributed by atoms with van der Waals surface area (Å²) in [5, 5.41) is 0. The summed E-state index contributed by atoms with van der Waals surface area (Å²) in [7, 11) is 0. The lowest BCUT2D eigenvalue weighted by atomic mass is 10.1. The highest BCUT2D eigenvalue weighted by Gasteiger charge is 1.92. The van der Waals surface area contributed by atoms with Gasteiger partial charge < -0.3 is 0 Å². The third kappa shape index (κ3) is 13.5. The van der Waals surface area contributed by atoms with Crippen molar-refractivity contribution in [3.8, 4) is 12.3 Å². The SMILES string of the molecule is C#CCCCCCCCCCCCC[NH]. The number of unbranched alkanes of at least 4 members (excludes halogenated alkanes) is 10. The van der Waals surface area contributed by atoms with Crippen molar-refractivity contribution in [1.82, 2.24) is 5.73 Å². The van der Waals surface area contributed by atoms with Crippen LogP contribution in [0, 0.1) is 12.3 Å². The molecule has 0 saturated heterocycles. The number of nitrogens with one attached hydrogen (secondary N) is 1. The van der Waals surface area contributed by atoms with E-state index < -0.39 is 0 Å². The van der Waals surface area contributed by atoms with Crippen LogP contribution < -0.4 is 5.73 Å². The van der Waals surface area contributed by atoms with Crippen LogP contribution in [0.4, 0.5) is 0 Å². The minimum Gasteiger partial charge on any atom is -0.258 e. The average molecular weight is 208 g/mol. The molecular weight excluding hydrogens is 182 g/mol. The van der Waals surface area contributed by atoms with E-state index in [0.29, 0.717) is 6.54 Å². The van der Waals surface area contributed by atoms with E-state index in [1.54, 1.807) is 0 Å². The molecule has 0 aromatic heterocycles. The summed E-state index contributed by atoms with van der Waals surface area (Å²) in [5.74, 6) is 2.68. The van der Waals surface area contributed by atoms with Crippen molar-refractivity contribution >= 4 is 0 Å². The molecule has 0 atom stereocenters. The Morgan fingerprint density at radius 3 is 1.47 bits per heavy atom. The summed E-state index contributed by atoms with van der Waals surface area (Å²) < 4.78 is 0. The van der Waals surface area contributed by atoms with Crippen LogP contribution in [-0.2, 0) is 0 Å². The zero-order valence-electron chi connectivity index (χ0n) is 10.1. The third-order valence-corrected chi connectivity index (χ3v) is 2.75. The highest BCUT2D eigenvalue weighted by atomic mass is 14.5. The zero-order chi connectivity index (χ0) is 11.2. The number of hydrogen-bond donors (Lipinski definition) is 0. The van der Waals surface area contributed by atoms with E-state index >= 15 is 0 Å². The molecular formula is C14H26N. The first-order valence-electron chi connectivity index (χ1n) is 6.50. The summed E-state index contributed by atoms with van der Waals surface area (Å²) in [5.41, 5.74) is 7.02. The Kier molecular flexibility index (Phi) is 13.1. The lowest BCUT2D eigenvalue weighted by Crippen LogP contribution is -1.86. The summed E-state index contributed by atoms with van der Waals surface area (Å²) in [4.78, 5) is 0. The second kappa shape index (κ2) is 13.5. The molecule has 1 heteroatoms. The molecule has 1 nitrogen and oxygen atoms in total. The molecule has 0 aliphatic carbocycles. The normalized spacial score (nSPS) is 10.1. The van der Waals surface area contributed by atoms with Crippen LogP contribution in [0.3, 0.4) is 0 Å². The molecule has 0 rings (SSSR count). The van der Waals surface area contributed by atoms with Crippen LogP contribution in [0.15, 0.2) is 0 Å². The summed E-state index contributed by atoms with van der Waals surface area (Å²) in [6, 6.07) is 0. The quantitative estimate of drug-likeness (QED) is 0.359. The van der Waals surface area contributed by atoms with Gasteiger partial charge in [-0.2, -0.15) is 0 Å². The van der Waals surface area contributed by atoms with Gasteiger partial charge in [0.25, 0.3) is 0 Å². The number of rotatable bonds is 11. The van der Waals surface area contributed by atoms with Crippen molar-refractivity contribution in [1.29, 1.82) is 0 Å². The first-order chi connectivity index (χ1) is 7.41. The smallest absolute Gasteiger partial charge is 0.00997 e. The maximum absolute atomic E-state index is 7.02. The van der Waals surface area contributed by atoms with Crippen LogP contribution in [0.25, 0.3) is 0 Å². The standard InChI is InChI=1S/C14H26N/c1-2-3-4-5-6-7-8-9-10-11-12-13-14-15/h1,15H,3-14H2. The monoisotopic (exact) mass is 208 g/mol. The van der Waals surface area contributed by atoms with Gasteiger partial charge in [0.05, 0.1) is 0 Å². The minimum atomic E-state index is 0.606. The molecule has 0 unspecified atom stereocenters. The Balaban J connectivity index is 2.84. The van der Waals surface area contributed by atoms with Crippen molar-refractivity contribution in [3.05, 3.63) is 0 Å². The molecule has 0 aromatic rings. The molecule has 0 aliphatic heterocycles. The van der Waals surface area contributed by atoms with Crippen LogP contribution >= 0.6 is 0 Å². The Bertz CT molecular complexity index is 146. The maximum Gasteiger partial charge on any atom is 0.00997 e. The second-order valence-corrected chi connectivity index (χ2v) is 4.24. The van der Waals surface area contributed by atoms with Crippen molar-refractivity contribution < 1.29 is 0 Å². The summed E-state index contributed by atoms with van der Waals surface area (Å²) in [6.45, 7) is 0.606. The molecule has 0 heterocycles. The number of hydrogen-bond acceptors (Lipinski definition) is 0. The molecule has 0 saturated carbocycles. The molecule has 0 bridgehead atoms. The van der Waals surface area contributed by atoms with E-state index in [4.69, 9.17) is 12.2 Å². The molecule has 0 aliphatic rings. The Morgan fingerprint density at radius 2 is 1.07 bits per heavy atom. The molecule has 87 valence electrons. The van der Waals surface area contributed by atoms with Crippen LogP contribution in [0.5, 0.6) is 0 Å². The van der Waals surface area contributed by atoms with Gasteiger partial charge in [0.15, 0.2) is 0 Å². The van der Waals surface area contributed by atoms with E-state index in [1.165, 1.54) is 57.8 Å². The molecule has 0 amide bonds.